The molecule has 0 spiro atoms. The number of aryl methyl sites for hydroxylation is 1. The predicted molar refractivity (Wildman–Crippen MR) is 190 cm³/mol. The molecule has 0 aromatic heterocycles. The minimum Gasteiger partial charge on any atom is -0.310 e. The Bertz CT molecular complexity index is 1880. The van der Waals surface area contributed by atoms with Crippen LogP contribution in [0.1, 0.15) is 48.9 Å². The first-order valence-electron chi connectivity index (χ1n) is 15.9. The van der Waals surface area contributed by atoms with Gasteiger partial charge in [0.2, 0.25) is 0 Å². The summed E-state index contributed by atoms with van der Waals surface area (Å²) < 4.78 is 0. The fourth-order valence-corrected chi connectivity index (χ4v) is 7.09. The quantitative estimate of drug-likeness (QED) is 0.197. The van der Waals surface area contributed by atoms with Gasteiger partial charge in [0.25, 0.3) is 0 Å². The van der Waals surface area contributed by atoms with Crippen LogP contribution in [0.3, 0.4) is 0 Å². The Labute approximate surface area is 262 Å². The number of rotatable bonds is 6. The van der Waals surface area contributed by atoms with E-state index in [9.17, 15) is 0 Å². The molecule has 2 aliphatic carbocycles. The Morgan fingerprint density at radius 1 is 0.659 bits per heavy atom. The first kappa shape index (κ1) is 27.9. The lowest BCUT2D eigenvalue weighted by atomic mass is 9.79. The van der Waals surface area contributed by atoms with E-state index in [4.69, 9.17) is 0 Å². The van der Waals surface area contributed by atoms with E-state index in [1.165, 1.54) is 66.8 Å². The third-order valence-electron chi connectivity index (χ3n) is 9.20. The molecule has 0 fully saturated rings. The molecule has 5 aromatic rings. The van der Waals surface area contributed by atoms with Gasteiger partial charge in [-0.15, -0.1) is 0 Å². The number of para-hydroxylation sites is 2. The van der Waals surface area contributed by atoms with Gasteiger partial charge in [0.05, 0.1) is 0 Å². The molecule has 2 unspecified atom stereocenters. The highest BCUT2D eigenvalue weighted by atomic mass is 15.1. The van der Waals surface area contributed by atoms with Crippen molar-refractivity contribution in [2.24, 2.45) is 11.8 Å². The van der Waals surface area contributed by atoms with E-state index in [0.29, 0.717) is 11.8 Å². The summed E-state index contributed by atoms with van der Waals surface area (Å²) in [5, 5.41) is 2.65. The first-order valence-corrected chi connectivity index (χ1v) is 15.9. The standard InChI is InChI=1S/C43H39N/c1-30-26-34(33-17-7-4-8-18-33)28-35(27-30)41-29-40(32(3)38-23-13-14-24-39(38)41)43-31(2)16-15-25-42(43)44(36-19-9-5-10-20-36)37-21-11-6-12-22-37/h4-15,17-25,27-31H,16,26H2,1-3H3. The van der Waals surface area contributed by atoms with E-state index in [2.05, 4.69) is 171 Å². The Hall–Kier alpha value is -4.88. The van der Waals surface area contributed by atoms with Crippen LogP contribution in [0.15, 0.2) is 151 Å². The van der Waals surface area contributed by atoms with Crippen molar-refractivity contribution in [3.8, 4) is 0 Å². The third-order valence-corrected chi connectivity index (χ3v) is 9.20. The van der Waals surface area contributed by atoms with Crippen LogP contribution in [0.2, 0.25) is 0 Å². The van der Waals surface area contributed by atoms with Crippen molar-refractivity contribution in [1.29, 1.82) is 0 Å². The molecule has 0 bridgehead atoms. The lowest BCUT2D eigenvalue weighted by Gasteiger charge is -2.33. The predicted octanol–water partition coefficient (Wildman–Crippen LogP) is 11.8. The Morgan fingerprint density at radius 2 is 1.25 bits per heavy atom. The van der Waals surface area contributed by atoms with E-state index in [1.54, 1.807) is 0 Å². The topological polar surface area (TPSA) is 3.24 Å². The molecule has 44 heavy (non-hydrogen) atoms. The van der Waals surface area contributed by atoms with E-state index in [0.717, 1.165) is 12.8 Å². The molecule has 1 nitrogen and oxygen atoms in total. The number of anilines is 2. The first-order chi connectivity index (χ1) is 21.6. The second-order valence-corrected chi connectivity index (χ2v) is 12.3. The molecule has 0 N–H and O–H groups in total. The van der Waals surface area contributed by atoms with Gasteiger partial charge in [0.15, 0.2) is 0 Å². The van der Waals surface area contributed by atoms with Gasteiger partial charge in [-0.3, -0.25) is 0 Å². The Morgan fingerprint density at radius 3 is 1.91 bits per heavy atom. The maximum absolute atomic E-state index is 2.50. The highest BCUT2D eigenvalue weighted by molar-refractivity contribution is 6.03. The van der Waals surface area contributed by atoms with Crippen molar-refractivity contribution in [1.82, 2.24) is 0 Å². The zero-order valence-electron chi connectivity index (χ0n) is 25.9. The van der Waals surface area contributed by atoms with Gasteiger partial charge in [0.1, 0.15) is 0 Å². The van der Waals surface area contributed by atoms with Gasteiger partial charge >= 0.3 is 0 Å². The molecule has 0 radical (unpaired) electrons. The molecule has 7 rings (SSSR count). The molecule has 0 heterocycles. The highest BCUT2D eigenvalue weighted by Crippen LogP contribution is 2.45. The average Bonchev–Trinajstić information content (AvgIpc) is 3.07. The van der Waals surface area contributed by atoms with Gasteiger partial charge in [-0.05, 0) is 118 Å². The fraction of sp³-hybridized carbons (Fsp3) is 0.163. The second-order valence-electron chi connectivity index (χ2n) is 12.3. The van der Waals surface area contributed by atoms with E-state index in [1.807, 2.05) is 0 Å². The minimum absolute atomic E-state index is 0.368. The zero-order valence-corrected chi connectivity index (χ0v) is 25.9. The summed E-state index contributed by atoms with van der Waals surface area (Å²) in [5.74, 6) is 0.832. The number of benzene rings is 5. The molecular formula is C43H39N. The number of nitrogens with zero attached hydrogens (tertiary/aromatic N) is 1. The van der Waals surface area contributed by atoms with E-state index >= 15 is 0 Å². The van der Waals surface area contributed by atoms with Gasteiger partial charge in [-0.2, -0.15) is 0 Å². The van der Waals surface area contributed by atoms with Gasteiger partial charge in [-0.1, -0.05) is 123 Å². The van der Waals surface area contributed by atoms with Gasteiger partial charge in [-0.25, -0.2) is 0 Å². The summed E-state index contributed by atoms with van der Waals surface area (Å²) in [6.45, 7) is 7.05. The average molecular weight is 570 g/mol. The fourth-order valence-electron chi connectivity index (χ4n) is 7.09. The van der Waals surface area contributed by atoms with E-state index in [-0.39, 0.29) is 0 Å². The van der Waals surface area contributed by atoms with Crippen LogP contribution < -0.4 is 4.90 Å². The summed E-state index contributed by atoms with van der Waals surface area (Å²) in [6.07, 6.45) is 11.7. The van der Waals surface area contributed by atoms with Crippen molar-refractivity contribution in [3.63, 3.8) is 0 Å². The molecule has 0 saturated heterocycles. The van der Waals surface area contributed by atoms with Crippen molar-refractivity contribution in [2.45, 2.75) is 33.6 Å². The molecule has 2 atom stereocenters. The molecule has 2 aliphatic rings. The van der Waals surface area contributed by atoms with Crippen LogP contribution in [0.25, 0.3) is 27.5 Å². The number of hydrogen-bond donors (Lipinski definition) is 0. The zero-order chi connectivity index (χ0) is 30.0. The largest absolute Gasteiger partial charge is 0.310 e. The molecule has 0 aliphatic heterocycles. The SMILES string of the molecule is Cc1c(C2=C(N(c3ccccc3)c3ccccc3)C=CCC2C)cc(C2=CC(C)CC(c3ccccc3)=C2)c2ccccc12. The van der Waals surface area contributed by atoms with Gasteiger partial charge < -0.3 is 4.90 Å². The summed E-state index contributed by atoms with van der Waals surface area (Å²) in [6, 6.07) is 44.0. The molecular weight excluding hydrogens is 530 g/mol. The number of fused-ring (bicyclic) bond motifs is 1. The lowest BCUT2D eigenvalue weighted by molar-refractivity contribution is 0.748. The number of hydrogen-bond acceptors (Lipinski definition) is 1. The van der Waals surface area contributed by atoms with Crippen LogP contribution in [0, 0.1) is 18.8 Å². The summed E-state index contributed by atoms with van der Waals surface area (Å²) in [4.78, 5) is 2.44. The lowest BCUT2D eigenvalue weighted by Crippen LogP contribution is -2.21. The van der Waals surface area contributed by atoms with Crippen molar-refractivity contribution in [3.05, 3.63) is 174 Å². The van der Waals surface area contributed by atoms with Crippen molar-refractivity contribution in [2.75, 3.05) is 4.90 Å². The van der Waals surface area contributed by atoms with Gasteiger partial charge in [0, 0.05) is 17.1 Å². The number of allylic oxidation sites excluding steroid dienone is 7. The summed E-state index contributed by atoms with van der Waals surface area (Å²) in [7, 11) is 0. The highest BCUT2D eigenvalue weighted by Gasteiger charge is 2.27. The molecule has 5 aromatic carbocycles. The summed E-state index contributed by atoms with van der Waals surface area (Å²) in [5.41, 5.74) is 13.1. The minimum atomic E-state index is 0.368. The van der Waals surface area contributed by atoms with E-state index < -0.39 is 0 Å². The van der Waals surface area contributed by atoms with Crippen molar-refractivity contribution < 1.29 is 0 Å². The van der Waals surface area contributed by atoms with Crippen LogP contribution in [0.5, 0.6) is 0 Å². The smallest absolute Gasteiger partial charge is 0.0499 e. The van der Waals surface area contributed by atoms with Crippen LogP contribution in [0.4, 0.5) is 11.4 Å². The summed E-state index contributed by atoms with van der Waals surface area (Å²) >= 11 is 0. The van der Waals surface area contributed by atoms with Crippen molar-refractivity contribution >= 4 is 38.9 Å². The Kier molecular flexibility index (Phi) is 7.62. The Balaban J connectivity index is 1.49. The maximum Gasteiger partial charge on any atom is 0.0499 e. The normalized spacial score (nSPS) is 18.2. The maximum atomic E-state index is 2.50. The van der Waals surface area contributed by atoms with Crippen LogP contribution in [-0.4, -0.2) is 0 Å². The third kappa shape index (κ3) is 5.24. The van der Waals surface area contributed by atoms with Crippen LogP contribution >= 0.6 is 0 Å². The molecule has 0 saturated carbocycles. The van der Waals surface area contributed by atoms with Crippen LogP contribution in [-0.2, 0) is 0 Å². The monoisotopic (exact) mass is 569 g/mol. The molecule has 216 valence electrons. The molecule has 0 amide bonds. The second kappa shape index (κ2) is 12.0. The molecule has 1 heteroatoms.